The first-order chi connectivity index (χ1) is 13.8. The normalized spacial score (nSPS) is 16.1. The zero-order valence-electron chi connectivity index (χ0n) is 15.6. The number of hydrogen-bond acceptors (Lipinski definition) is 4. The number of nitrogens with zero attached hydrogens (tertiary/aromatic N) is 1. The summed E-state index contributed by atoms with van der Waals surface area (Å²) in [4.78, 5) is 15.8. The maximum absolute atomic E-state index is 12.6. The molecule has 0 N–H and O–H groups in total. The highest BCUT2D eigenvalue weighted by atomic mass is 32.1. The summed E-state index contributed by atoms with van der Waals surface area (Å²) in [5, 5.41) is 2.06. The maximum Gasteiger partial charge on any atom is 0.261 e. The van der Waals surface area contributed by atoms with E-state index in [0.717, 1.165) is 30.7 Å². The van der Waals surface area contributed by atoms with Crippen LogP contribution in [-0.2, 0) is 11.4 Å². The summed E-state index contributed by atoms with van der Waals surface area (Å²) < 4.78 is 11.5. The van der Waals surface area contributed by atoms with Crippen LogP contribution in [0, 0.1) is 0 Å². The number of likely N-dealkylation sites (tertiary alicyclic amines) is 1. The summed E-state index contributed by atoms with van der Waals surface area (Å²) in [6.45, 7) is 1.39. The van der Waals surface area contributed by atoms with Gasteiger partial charge in [0.05, 0.1) is 6.04 Å². The second kappa shape index (κ2) is 8.93. The fourth-order valence-corrected chi connectivity index (χ4v) is 4.32. The molecule has 1 aromatic heterocycles. The first-order valence-electron chi connectivity index (χ1n) is 9.52. The van der Waals surface area contributed by atoms with Crippen molar-refractivity contribution in [2.24, 2.45) is 0 Å². The van der Waals surface area contributed by atoms with Crippen molar-refractivity contribution >= 4 is 17.2 Å². The molecule has 1 saturated heterocycles. The molecule has 0 saturated carbocycles. The molecule has 1 amide bonds. The highest BCUT2D eigenvalue weighted by Gasteiger charge is 2.30. The number of thiophene rings is 1. The van der Waals surface area contributed by atoms with E-state index in [1.54, 1.807) is 11.3 Å². The van der Waals surface area contributed by atoms with E-state index in [1.807, 2.05) is 65.6 Å². The predicted molar refractivity (Wildman–Crippen MR) is 111 cm³/mol. The van der Waals surface area contributed by atoms with Crippen LogP contribution in [0.1, 0.15) is 29.3 Å². The van der Waals surface area contributed by atoms with Crippen LogP contribution in [0.25, 0.3) is 0 Å². The van der Waals surface area contributed by atoms with Gasteiger partial charge in [-0.3, -0.25) is 4.79 Å². The fourth-order valence-electron chi connectivity index (χ4n) is 3.44. The Hall–Kier alpha value is -2.79. The molecule has 144 valence electrons. The van der Waals surface area contributed by atoms with Crippen LogP contribution < -0.4 is 9.47 Å². The van der Waals surface area contributed by atoms with Gasteiger partial charge >= 0.3 is 0 Å². The molecular formula is C23H23NO3S. The number of ether oxygens (including phenoxy) is 2. The molecule has 0 aliphatic carbocycles. The lowest BCUT2D eigenvalue weighted by atomic mass is 10.2. The van der Waals surface area contributed by atoms with Gasteiger partial charge < -0.3 is 14.4 Å². The van der Waals surface area contributed by atoms with Crippen molar-refractivity contribution in [3.05, 3.63) is 82.6 Å². The zero-order chi connectivity index (χ0) is 19.2. The molecule has 28 heavy (non-hydrogen) atoms. The summed E-state index contributed by atoms with van der Waals surface area (Å²) in [5.74, 6) is 1.49. The van der Waals surface area contributed by atoms with Crippen LogP contribution in [0.15, 0.2) is 72.1 Å². The van der Waals surface area contributed by atoms with E-state index in [1.165, 1.54) is 4.88 Å². The fraction of sp³-hybridized carbons (Fsp3) is 0.261. The van der Waals surface area contributed by atoms with Crippen LogP contribution in [0.4, 0.5) is 0 Å². The van der Waals surface area contributed by atoms with Crippen LogP contribution >= 0.6 is 11.3 Å². The van der Waals surface area contributed by atoms with Crippen molar-refractivity contribution in [1.82, 2.24) is 4.90 Å². The highest BCUT2D eigenvalue weighted by Crippen LogP contribution is 2.34. The Kier molecular flexibility index (Phi) is 5.92. The van der Waals surface area contributed by atoms with Crippen molar-refractivity contribution in [2.45, 2.75) is 25.5 Å². The van der Waals surface area contributed by atoms with E-state index in [-0.39, 0.29) is 18.6 Å². The largest absolute Gasteiger partial charge is 0.489 e. The van der Waals surface area contributed by atoms with Gasteiger partial charge in [0.2, 0.25) is 0 Å². The van der Waals surface area contributed by atoms with E-state index >= 15 is 0 Å². The van der Waals surface area contributed by atoms with Gasteiger partial charge in [0, 0.05) is 11.4 Å². The molecular weight excluding hydrogens is 370 g/mol. The summed E-state index contributed by atoms with van der Waals surface area (Å²) >= 11 is 1.71. The Balaban J connectivity index is 1.28. The number of carbonyl (C=O) groups is 1. The Morgan fingerprint density at radius 2 is 1.71 bits per heavy atom. The molecule has 1 aliphatic heterocycles. The Labute approximate surface area is 169 Å². The smallest absolute Gasteiger partial charge is 0.261 e. The van der Waals surface area contributed by atoms with E-state index in [4.69, 9.17) is 9.47 Å². The first-order valence-corrected chi connectivity index (χ1v) is 10.4. The van der Waals surface area contributed by atoms with Crippen LogP contribution in [0.5, 0.6) is 11.5 Å². The third-order valence-corrected chi connectivity index (χ3v) is 5.85. The van der Waals surface area contributed by atoms with Crippen LogP contribution in [0.3, 0.4) is 0 Å². The van der Waals surface area contributed by atoms with E-state index in [0.29, 0.717) is 12.4 Å². The minimum Gasteiger partial charge on any atom is -0.489 e. The molecule has 5 heteroatoms. The number of amides is 1. The van der Waals surface area contributed by atoms with Crippen molar-refractivity contribution in [3.63, 3.8) is 0 Å². The Morgan fingerprint density at radius 3 is 2.43 bits per heavy atom. The van der Waals surface area contributed by atoms with Gasteiger partial charge in [-0.15, -0.1) is 11.3 Å². The van der Waals surface area contributed by atoms with Gasteiger partial charge in [-0.1, -0.05) is 36.4 Å². The third kappa shape index (κ3) is 4.54. The third-order valence-electron chi connectivity index (χ3n) is 4.88. The van der Waals surface area contributed by atoms with Gasteiger partial charge in [0.15, 0.2) is 6.61 Å². The molecule has 0 unspecified atom stereocenters. The van der Waals surface area contributed by atoms with E-state index in [2.05, 4.69) is 11.4 Å². The Morgan fingerprint density at radius 1 is 0.964 bits per heavy atom. The monoisotopic (exact) mass is 393 g/mol. The van der Waals surface area contributed by atoms with Gasteiger partial charge in [-0.2, -0.15) is 0 Å². The molecule has 4 rings (SSSR count). The summed E-state index contributed by atoms with van der Waals surface area (Å²) in [5.41, 5.74) is 1.12. The molecule has 2 heterocycles. The number of rotatable bonds is 7. The summed E-state index contributed by atoms with van der Waals surface area (Å²) in [6, 6.07) is 21.8. The van der Waals surface area contributed by atoms with Crippen molar-refractivity contribution in [1.29, 1.82) is 0 Å². The molecule has 3 aromatic rings. The number of benzene rings is 2. The molecule has 2 aromatic carbocycles. The lowest BCUT2D eigenvalue weighted by molar-refractivity contribution is -0.134. The minimum atomic E-state index is 0.0419. The van der Waals surface area contributed by atoms with Gasteiger partial charge in [0.25, 0.3) is 5.91 Å². The van der Waals surface area contributed by atoms with Crippen molar-refractivity contribution in [2.75, 3.05) is 13.2 Å². The van der Waals surface area contributed by atoms with Gasteiger partial charge in [0.1, 0.15) is 18.1 Å². The molecule has 4 nitrogen and oxygen atoms in total. The van der Waals surface area contributed by atoms with Crippen LogP contribution in [0.2, 0.25) is 0 Å². The quantitative estimate of drug-likeness (QED) is 0.563. The van der Waals surface area contributed by atoms with E-state index in [9.17, 15) is 4.79 Å². The zero-order valence-corrected chi connectivity index (χ0v) is 16.4. The van der Waals surface area contributed by atoms with Crippen molar-refractivity contribution in [3.8, 4) is 11.5 Å². The molecule has 0 spiro atoms. The lowest BCUT2D eigenvalue weighted by Crippen LogP contribution is -2.34. The minimum absolute atomic E-state index is 0.0419. The molecule has 1 fully saturated rings. The second-order valence-corrected chi connectivity index (χ2v) is 7.77. The SMILES string of the molecule is O=C(COc1ccc(OCc2ccccc2)cc1)N1CCC[C@H]1c1cccs1. The topological polar surface area (TPSA) is 38.8 Å². The standard InChI is InChI=1S/C23H23NO3S/c25-23(24-14-4-8-21(24)22-9-5-15-28-22)17-27-20-12-10-19(11-13-20)26-16-18-6-2-1-3-7-18/h1-3,5-7,9-13,15,21H,4,8,14,16-17H2/t21-/m0/s1. The lowest BCUT2D eigenvalue weighted by Gasteiger charge is -2.24. The average molecular weight is 394 g/mol. The molecule has 0 bridgehead atoms. The van der Waals surface area contributed by atoms with Gasteiger partial charge in [-0.25, -0.2) is 0 Å². The van der Waals surface area contributed by atoms with Crippen LogP contribution in [-0.4, -0.2) is 24.0 Å². The molecule has 0 radical (unpaired) electrons. The average Bonchev–Trinajstić information content (AvgIpc) is 3.43. The highest BCUT2D eigenvalue weighted by molar-refractivity contribution is 7.10. The first kappa shape index (κ1) is 18.6. The summed E-state index contributed by atoms with van der Waals surface area (Å²) in [7, 11) is 0. The van der Waals surface area contributed by atoms with E-state index < -0.39 is 0 Å². The Bertz CT molecular complexity index is 878. The van der Waals surface area contributed by atoms with Gasteiger partial charge in [-0.05, 0) is 54.1 Å². The van der Waals surface area contributed by atoms with Crippen molar-refractivity contribution < 1.29 is 14.3 Å². The molecule has 1 atom stereocenters. The predicted octanol–water partition coefficient (Wildman–Crippen LogP) is 5.07. The number of carbonyl (C=O) groups excluding carboxylic acids is 1. The summed E-state index contributed by atoms with van der Waals surface area (Å²) in [6.07, 6.45) is 2.07. The number of hydrogen-bond donors (Lipinski definition) is 0. The molecule has 1 aliphatic rings. The maximum atomic E-state index is 12.6. The second-order valence-electron chi connectivity index (χ2n) is 6.79.